The minimum absolute atomic E-state index is 0.132. The predicted octanol–water partition coefficient (Wildman–Crippen LogP) is 3.23. The Hall–Kier alpha value is -0.530. The summed E-state index contributed by atoms with van der Waals surface area (Å²) < 4.78 is 14.2. The number of alkyl halides is 1. The minimum Gasteiger partial charge on any atom is -0.375 e. The van der Waals surface area contributed by atoms with Gasteiger partial charge in [-0.25, -0.2) is 4.39 Å². The molecule has 1 fully saturated rings. The van der Waals surface area contributed by atoms with Crippen LogP contribution in [0.15, 0.2) is 12.3 Å². The average Bonchev–Trinajstić information content (AvgIpc) is 2.02. The number of halogens is 1. The molecule has 1 rings (SSSR count). The van der Waals surface area contributed by atoms with Crippen LogP contribution in [-0.2, 0) is 0 Å². The molecular formula is C12H22FN. The lowest BCUT2D eigenvalue weighted by Crippen LogP contribution is -2.48. The Morgan fingerprint density at radius 1 is 1.57 bits per heavy atom. The van der Waals surface area contributed by atoms with Crippen LogP contribution in [0.4, 0.5) is 4.39 Å². The summed E-state index contributed by atoms with van der Waals surface area (Å²) in [6, 6.07) is 0. The third kappa shape index (κ3) is 2.28. The van der Waals surface area contributed by atoms with Gasteiger partial charge >= 0.3 is 0 Å². The first-order valence-corrected chi connectivity index (χ1v) is 5.44. The Morgan fingerprint density at radius 3 is 2.57 bits per heavy atom. The highest BCUT2D eigenvalue weighted by Crippen LogP contribution is 2.36. The maximum Gasteiger partial charge on any atom is 0.114 e. The van der Waals surface area contributed by atoms with Crippen LogP contribution in [0.3, 0.4) is 0 Å². The van der Waals surface area contributed by atoms with Gasteiger partial charge in [-0.15, -0.1) is 0 Å². The second-order valence-electron chi connectivity index (χ2n) is 5.06. The summed E-state index contributed by atoms with van der Waals surface area (Å²) in [5.74, 6) is 0.528. The molecule has 0 aliphatic carbocycles. The van der Waals surface area contributed by atoms with Crippen molar-refractivity contribution in [3.05, 3.63) is 12.3 Å². The molecule has 82 valence electrons. The molecule has 0 amide bonds. The summed E-state index contributed by atoms with van der Waals surface area (Å²) in [7, 11) is 0. The first-order valence-electron chi connectivity index (χ1n) is 5.44. The van der Waals surface area contributed by atoms with Gasteiger partial charge in [-0.1, -0.05) is 20.4 Å². The minimum atomic E-state index is -1.000. The van der Waals surface area contributed by atoms with Crippen molar-refractivity contribution in [1.82, 2.24) is 4.90 Å². The van der Waals surface area contributed by atoms with E-state index < -0.39 is 5.67 Å². The Kier molecular flexibility index (Phi) is 3.23. The van der Waals surface area contributed by atoms with Crippen LogP contribution in [0.1, 0.15) is 34.1 Å². The van der Waals surface area contributed by atoms with Gasteiger partial charge in [0.1, 0.15) is 5.67 Å². The van der Waals surface area contributed by atoms with Gasteiger partial charge in [0, 0.05) is 24.7 Å². The van der Waals surface area contributed by atoms with Crippen LogP contribution in [-0.4, -0.2) is 23.7 Å². The number of hydrogen-bond acceptors (Lipinski definition) is 1. The SMILES string of the molecule is C=C(C)N1CCC(C)(F)C(C(C)C)C1. The van der Waals surface area contributed by atoms with Crippen molar-refractivity contribution in [2.75, 3.05) is 13.1 Å². The Morgan fingerprint density at radius 2 is 2.14 bits per heavy atom. The van der Waals surface area contributed by atoms with E-state index in [1.54, 1.807) is 6.92 Å². The van der Waals surface area contributed by atoms with Gasteiger partial charge in [-0.2, -0.15) is 0 Å². The molecule has 0 aromatic carbocycles. The molecule has 0 bridgehead atoms. The molecule has 2 unspecified atom stereocenters. The number of piperidine rings is 1. The molecule has 1 nitrogen and oxygen atoms in total. The molecule has 2 heteroatoms. The quantitative estimate of drug-likeness (QED) is 0.660. The number of likely N-dealkylation sites (tertiary alicyclic amines) is 1. The van der Waals surface area contributed by atoms with Crippen molar-refractivity contribution in [2.45, 2.75) is 39.8 Å². The number of allylic oxidation sites excluding steroid dienone is 1. The summed E-state index contributed by atoms with van der Waals surface area (Å²) in [6.07, 6.45) is 0.628. The van der Waals surface area contributed by atoms with E-state index in [9.17, 15) is 4.39 Å². The third-order valence-electron chi connectivity index (χ3n) is 3.41. The zero-order valence-corrected chi connectivity index (χ0v) is 9.81. The number of hydrogen-bond donors (Lipinski definition) is 0. The van der Waals surface area contributed by atoms with E-state index in [1.165, 1.54) is 0 Å². The van der Waals surface area contributed by atoms with Crippen LogP contribution < -0.4 is 0 Å². The molecule has 0 spiro atoms. The highest BCUT2D eigenvalue weighted by atomic mass is 19.1. The summed E-state index contributed by atoms with van der Waals surface area (Å²) in [4.78, 5) is 2.20. The molecule has 1 heterocycles. The molecule has 2 atom stereocenters. The number of nitrogens with zero attached hydrogens (tertiary/aromatic N) is 1. The standard InChI is InChI=1S/C12H22FN/c1-9(2)11-8-14(10(3)4)7-6-12(11,5)13/h9,11H,3,6-8H2,1-2,4-5H3. The van der Waals surface area contributed by atoms with Crippen molar-refractivity contribution < 1.29 is 4.39 Å². The lowest BCUT2D eigenvalue weighted by Gasteiger charge is -2.44. The van der Waals surface area contributed by atoms with E-state index in [4.69, 9.17) is 0 Å². The van der Waals surface area contributed by atoms with Gasteiger partial charge < -0.3 is 4.90 Å². The monoisotopic (exact) mass is 199 g/mol. The lowest BCUT2D eigenvalue weighted by atomic mass is 9.77. The van der Waals surface area contributed by atoms with Crippen LogP contribution in [0, 0.1) is 11.8 Å². The van der Waals surface area contributed by atoms with Crippen LogP contribution in [0.2, 0.25) is 0 Å². The maximum absolute atomic E-state index is 14.2. The molecule has 0 saturated carbocycles. The largest absolute Gasteiger partial charge is 0.375 e. The first kappa shape index (κ1) is 11.5. The van der Waals surface area contributed by atoms with Crippen molar-refractivity contribution in [3.8, 4) is 0 Å². The van der Waals surface area contributed by atoms with E-state index in [0.29, 0.717) is 12.3 Å². The van der Waals surface area contributed by atoms with Gasteiger partial charge in [0.05, 0.1) is 0 Å². The molecule has 1 saturated heterocycles. The number of rotatable bonds is 2. The zero-order chi connectivity index (χ0) is 10.9. The fourth-order valence-corrected chi connectivity index (χ4v) is 2.31. The van der Waals surface area contributed by atoms with Crippen molar-refractivity contribution in [1.29, 1.82) is 0 Å². The molecule has 0 N–H and O–H groups in total. The maximum atomic E-state index is 14.2. The van der Waals surface area contributed by atoms with Crippen molar-refractivity contribution in [2.24, 2.45) is 11.8 Å². The van der Waals surface area contributed by atoms with Gasteiger partial charge in [0.15, 0.2) is 0 Å². The second kappa shape index (κ2) is 3.92. The topological polar surface area (TPSA) is 3.24 Å². The Labute approximate surface area is 87.0 Å². The molecule has 0 aromatic heterocycles. The lowest BCUT2D eigenvalue weighted by molar-refractivity contribution is 0.000284. The fourth-order valence-electron chi connectivity index (χ4n) is 2.31. The predicted molar refractivity (Wildman–Crippen MR) is 58.8 cm³/mol. The van der Waals surface area contributed by atoms with E-state index in [2.05, 4.69) is 25.3 Å². The van der Waals surface area contributed by atoms with E-state index >= 15 is 0 Å². The molecule has 0 radical (unpaired) electrons. The Bertz CT molecular complexity index is 220. The van der Waals surface area contributed by atoms with E-state index in [-0.39, 0.29) is 5.92 Å². The first-order chi connectivity index (χ1) is 6.34. The normalized spacial score (nSPS) is 33.6. The molecule has 14 heavy (non-hydrogen) atoms. The molecule has 0 aromatic rings. The highest BCUT2D eigenvalue weighted by Gasteiger charge is 2.40. The van der Waals surface area contributed by atoms with Gasteiger partial charge in [-0.05, 0) is 26.2 Å². The summed E-state index contributed by atoms with van der Waals surface area (Å²) in [5, 5.41) is 0. The van der Waals surface area contributed by atoms with Gasteiger partial charge in [0.2, 0.25) is 0 Å². The smallest absolute Gasteiger partial charge is 0.114 e. The molecular weight excluding hydrogens is 177 g/mol. The van der Waals surface area contributed by atoms with Crippen LogP contribution in [0.25, 0.3) is 0 Å². The van der Waals surface area contributed by atoms with E-state index in [0.717, 1.165) is 18.8 Å². The summed E-state index contributed by atoms with van der Waals surface area (Å²) in [5.41, 5.74) is 0.0614. The van der Waals surface area contributed by atoms with Crippen molar-refractivity contribution in [3.63, 3.8) is 0 Å². The Balaban J connectivity index is 2.72. The van der Waals surface area contributed by atoms with Crippen molar-refractivity contribution >= 4 is 0 Å². The summed E-state index contributed by atoms with van der Waals surface area (Å²) in [6.45, 7) is 13.5. The van der Waals surface area contributed by atoms with E-state index in [1.807, 2.05) is 6.92 Å². The molecule has 1 aliphatic rings. The fraction of sp³-hybridized carbons (Fsp3) is 0.833. The highest BCUT2D eigenvalue weighted by molar-refractivity contribution is 4.99. The van der Waals surface area contributed by atoms with Crippen LogP contribution in [0.5, 0.6) is 0 Å². The van der Waals surface area contributed by atoms with Crippen LogP contribution >= 0.6 is 0 Å². The average molecular weight is 199 g/mol. The molecule has 1 aliphatic heterocycles. The van der Waals surface area contributed by atoms with Gasteiger partial charge in [0.25, 0.3) is 0 Å². The zero-order valence-electron chi connectivity index (χ0n) is 9.81. The van der Waals surface area contributed by atoms with Gasteiger partial charge in [-0.3, -0.25) is 0 Å². The third-order valence-corrected chi connectivity index (χ3v) is 3.41. The summed E-state index contributed by atoms with van der Waals surface area (Å²) >= 11 is 0. The second-order valence-corrected chi connectivity index (χ2v) is 5.06.